The second kappa shape index (κ2) is 8.18. The fraction of sp³-hybridized carbons (Fsp3) is 0.0952. The number of aliphatic hydroxyl groups excluding tert-OH is 1. The lowest BCUT2D eigenvalue weighted by Gasteiger charge is -2.07. The molecule has 2 heterocycles. The van der Waals surface area contributed by atoms with Crippen molar-refractivity contribution in [1.29, 1.82) is 0 Å². The number of aliphatic hydroxyl groups is 1. The molecule has 0 radical (unpaired) electrons. The summed E-state index contributed by atoms with van der Waals surface area (Å²) in [5.74, 6) is 0.0338. The van der Waals surface area contributed by atoms with Crippen LogP contribution in [0.15, 0.2) is 59.9 Å². The van der Waals surface area contributed by atoms with Crippen molar-refractivity contribution in [3.05, 3.63) is 82.9 Å². The lowest BCUT2D eigenvalue weighted by molar-refractivity contribution is 0.280. The van der Waals surface area contributed by atoms with E-state index in [0.29, 0.717) is 16.8 Å². The van der Waals surface area contributed by atoms with Crippen molar-refractivity contribution in [3.63, 3.8) is 0 Å². The minimum absolute atomic E-state index is 0.0338. The Kier molecular flexibility index (Phi) is 5.51. The third-order valence-electron chi connectivity index (χ3n) is 3.88. The van der Waals surface area contributed by atoms with E-state index in [4.69, 9.17) is 0 Å². The molecule has 0 saturated heterocycles. The topological polar surface area (TPSA) is 78.6 Å². The minimum atomic E-state index is -0.213. The summed E-state index contributed by atoms with van der Waals surface area (Å²) in [4.78, 5) is 12.7. The monoisotopic (exact) mass is 345 g/mol. The van der Waals surface area contributed by atoms with Crippen molar-refractivity contribution in [2.24, 2.45) is 4.99 Å². The molecular weight excluding hydrogens is 326 g/mol. The largest absolute Gasteiger partial charge is 0.505 e. The average molecular weight is 345 g/mol. The molecule has 130 valence electrons. The standard InChI is InChI=1S/C21H19N3O2/c1-15-21(26)20(17(14-25)12-23-15)13-24-19-7-4-5-16(11-19)8-9-18-6-2-3-10-22-18/h2-13,25-26H,14H2,1H3/b9-8+,24-13?. The van der Waals surface area contributed by atoms with Gasteiger partial charge in [-0.15, -0.1) is 0 Å². The maximum Gasteiger partial charge on any atom is 0.145 e. The van der Waals surface area contributed by atoms with Crippen LogP contribution in [-0.2, 0) is 6.61 Å². The smallest absolute Gasteiger partial charge is 0.145 e. The van der Waals surface area contributed by atoms with Gasteiger partial charge in [0, 0.05) is 29.7 Å². The van der Waals surface area contributed by atoms with E-state index in [2.05, 4.69) is 15.0 Å². The highest BCUT2D eigenvalue weighted by Gasteiger charge is 2.09. The molecule has 0 saturated carbocycles. The van der Waals surface area contributed by atoms with Crippen molar-refractivity contribution >= 4 is 24.1 Å². The van der Waals surface area contributed by atoms with Crippen molar-refractivity contribution in [2.75, 3.05) is 0 Å². The molecule has 0 fully saturated rings. The fourth-order valence-corrected chi connectivity index (χ4v) is 2.43. The van der Waals surface area contributed by atoms with E-state index in [1.165, 1.54) is 0 Å². The van der Waals surface area contributed by atoms with E-state index < -0.39 is 0 Å². The Bertz CT molecular complexity index is 951. The zero-order valence-corrected chi connectivity index (χ0v) is 14.4. The maximum atomic E-state index is 10.2. The van der Waals surface area contributed by atoms with Crippen LogP contribution in [0.4, 0.5) is 5.69 Å². The van der Waals surface area contributed by atoms with Crippen molar-refractivity contribution in [1.82, 2.24) is 9.97 Å². The Hall–Kier alpha value is -3.31. The summed E-state index contributed by atoms with van der Waals surface area (Å²) in [5.41, 5.74) is 4.12. The predicted molar refractivity (Wildman–Crippen MR) is 103 cm³/mol. The molecule has 0 amide bonds. The number of nitrogens with zero attached hydrogens (tertiary/aromatic N) is 3. The van der Waals surface area contributed by atoms with Crippen LogP contribution in [-0.4, -0.2) is 26.4 Å². The number of hydrogen-bond acceptors (Lipinski definition) is 5. The van der Waals surface area contributed by atoms with Crippen molar-refractivity contribution in [2.45, 2.75) is 13.5 Å². The zero-order chi connectivity index (χ0) is 18.4. The molecule has 0 aliphatic heterocycles. The summed E-state index contributed by atoms with van der Waals surface area (Å²) in [6.07, 6.45) is 8.75. The van der Waals surface area contributed by atoms with Crippen molar-refractivity contribution in [3.8, 4) is 5.75 Å². The van der Waals surface area contributed by atoms with Gasteiger partial charge in [-0.2, -0.15) is 0 Å². The maximum absolute atomic E-state index is 10.2. The summed E-state index contributed by atoms with van der Waals surface area (Å²) in [7, 11) is 0. The van der Waals surface area contributed by atoms with Crippen LogP contribution in [0.3, 0.4) is 0 Å². The predicted octanol–water partition coefficient (Wildman–Crippen LogP) is 3.90. The Morgan fingerprint density at radius 2 is 1.96 bits per heavy atom. The van der Waals surface area contributed by atoms with E-state index in [-0.39, 0.29) is 12.4 Å². The molecule has 2 N–H and O–H groups in total. The highest BCUT2D eigenvalue weighted by atomic mass is 16.3. The summed E-state index contributed by atoms with van der Waals surface area (Å²) in [5, 5.41) is 19.6. The summed E-state index contributed by atoms with van der Waals surface area (Å²) in [6, 6.07) is 13.4. The summed E-state index contributed by atoms with van der Waals surface area (Å²) < 4.78 is 0. The molecular formula is C21H19N3O2. The Morgan fingerprint density at radius 1 is 1.08 bits per heavy atom. The molecule has 0 aliphatic rings. The van der Waals surface area contributed by atoms with Gasteiger partial charge in [0.25, 0.3) is 0 Å². The van der Waals surface area contributed by atoms with Gasteiger partial charge in [-0.25, -0.2) is 0 Å². The van der Waals surface area contributed by atoms with E-state index in [9.17, 15) is 10.2 Å². The number of benzene rings is 1. The van der Waals surface area contributed by atoms with Crippen LogP contribution in [0.1, 0.15) is 28.1 Å². The van der Waals surface area contributed by atoms with Crippen LogP contribution < -0.4 is 0 Å². The van der Waals surface area contributed by atoms with Crippen LogP contribution >= 0.6 is 0 Å². The lowest BCUT2D eigenvalue weighted by Crippen LogP contribution is -1.97. The number of pyridine rings is 2. The first-order chi connectivity index (χ1) is 12.7. The Balaban J connectivity index is 1.85. The van der Waals surface area contributed by atoms with Gasteiger partial charge in [-0.05, 0) is 42.8 Å². The molecule has 5 heteroatoms. The van der Waals surface area contributed by atoms with Gasteiger partial charge in [0.2, 0.25) is 0 Å². The minimum Gasteiger partial charge on any atom is -0.505 e. The molecule has 5 nitrogen and oxygen atoms in total. The Labute approximate surface area is 152 Å². The van der Waals surface area contributed by atoms with Gasteiger partial charge >= 0.3 is 0 Å². The van der Waals surface area contributed by atoms with Gasteiger partial charge in [0.1, 0.15) is 5.75 Å². The van der Waals surface area contributed by atoms with Gasteiger partial charge < -0.3 is 10.2 Å². The molecule has 3 aromatic rings. The number of aromatic nitrogens is 2. The first kappa shape index (κ1) is 17.5. The molecule has 0 bridgehead atoms. The SMILES string of the molecule is Cc1ncc(CO)c(C=Nc2cccc(/C=C/c3ccccn3)c2)c1O. The summed E-state index contributed by atoms with van der Waals surface area (Å²) >= 11 is 0. The number of aliphatic imine (C=N–C) groups is 1. The fourth-order valence-electron chi connectivity index (χ4n) is 2.43. The third kappa shape index (κ3) is 4.20. The lowest BCUT2D eigenvalue weighted by atomic mass is 10.1. The number of hydrogen-bond donors (Lipinski definition) is 2. The first-order valence-corrected chi connectivity index (χ1v) is 8.19. The quantitative estimate of drug-likeness (QED) is 0.687. The first-order valence-electron chi connectivity index (χ1n) is 8.19. The van der Waals surface area contributed by atoms with Crippen LogP contribution in [0.5, 0.6) is 5.75 Å². The summed E-state index contributed by atoms with van der Waals surface area (Å²) in [6.45, 7) is 1.49. The number of rotatable bonds is 5. The molecule has 2 aromatic heterocycles. The molecule has 26 heavy (non-hydrogen) atoms. The molecule has 0 atom stereocenters. The molecule has 0 aliphatic carbocycles. The molecule has 0 spiro atoms. The van der Waals surface area contributed by atoms with E-state index >= 15 is 0 Å². The second-order valence-electron chi connectivity index (χ2n) is 5.73. The average Bonchev–Trinajstić information content (AvgIpc) is 2.68. The zero-order valence-electron chi connectivity index (χ0n) is 14.4. The number of aryl methyl sites for hydroxylation is 1. The van der Waals surface area contributed by atoms with Crippen LogP contribution in [0, 0.1) is 6.92 Å². The highest BCUT2D eigenvalue weighted by molar-refractivity contribution is 5.87. The van der Waals surface area contributed by atoms with E-state index in [1.807, 2.05) is 54.6 Å². The van der Waals surface area contributed by atoms with Gasteiger partial charge in [0.15, 0.2) is 0 Å². The van der Waals surface area contributed by atoms with E-state index in [0.717, 1.165) is 16.9 Å². The van der Waals surface area contributed by atoms with Crippen molar-refractivity contribution < 1.29 is 10.2 Å². The van der Waals surface area contributed by atoms with E-state index in [1.54, 1.807) is 25.5 Å². The normalized spacial score (nSPS) is 11.5. The highest BCUT2D eigenvalue weighted by Crippen LogP contribution is 2.23. The molecule has 3 rings (SSSR count). The molecule has 1 aromatic carbocycles. The third-order valence-corrected chi connectivity index (χ3v) is 3.88. The van der Waals surface area contributed by atoms with Crippen LogP contribution in [0.2, 0.25) is 0 Å². The Morgan fingerprint density at radius 3 is 2.73 bits per heavy atom. The van der Waals surface area contributed by atoms with Crippen LogP contribution in [0.25, 0.3) is 12.2 Å². The number of aromatic hydroxyl groups is 1. The van der Waals surface area contributed by atoms with Gasteiger partial charge in [-0.1, -0.05) is 24.3 Å². The van der Waals surface area contributed by atoms with Gasteiger partial charge in [0.05, 0.1) is 23.7 Å². The van der Waals surface area contributed by atoms with Gasteiger partial charge in [-0.3, -0.25) is 15.0 Å². The second-order valence-corrected chi connectivity index (χ2v) is 5.73. The molecule has 0 unspecified atom stereocenters.